The second kappa shape index (κ2) is 4.28. The van der Waals surface area contributed by atoms with Crippen LogP contribution in [0, 0.1) is 5.41 Å². The first-order valence-corrected chi connectivity index (χ1v) is 5.45. The minimum atomic E-state index is -4.79. The molecule has 1 heterocycles. The molecule has 1 fully saturated rings. The van der Waals surface area contributed by atoms with Crippen LogP contribution in [0.1, 0.15) is 11.5 Å². The maximum absolute atomic E-state index is 13.2. The Hall–Kier alpha value is -1.56. The quantitative estimate of drug-likeness (QED) is 0.854. The van der Waals surface area contributed by atoms with Crippen LogP contribution < -0.4 is 5.32 Å². The molecule has 2 atom stereocenters. The van der Waals surface area contributed by atoms with Crippen molar-refractivity contribution in [3.8, 4) is 0 Å². The first-order valence-electron chi connectivity index (χ1n) is 5.45. The molecule has 98 valence electrons. The Balaban J connectivity index is 2.50. The average Bonchev–Trinajstić information content (AvgIpc) is 2.75. The molecule has 0 aliphatic carbocycles. The minimum absolute atomic E-state index is 0.00975. The summed E-state index contributed by atoms with van der Waals surface area (Å²) in [4.78, 5) is 11.2. The van der Waals surface area contributed by atoms with Crippen LogP contribution in [0.4, 0.5) is 13.2 Å². The monoisotopic (exact) mass is 259 g/mol. The summed E-state index contributed by atoms with van der Waals surface area (Å²) in [7, 11) is 0. The number of benzene rings is 1. The van der Waals surface area contributed by atoms with Crippen molar-refractivity contribution < 1.29 is 23.1 Å². The van der Waals surface area contributed by atoms with Crippen LogP contribution in [-0.4, -0.2) is 30.3 Å². The van der Waals surface area contributed by atoms with Crippen molar-refractivity contribution in [2.45, 2.75) is 12.1 Å². The molecule has 2 N–H and O–H groups in total. The van der Waals surface area contributed by atoms with Gasteiger partial charge in [-0.2, -0.15) is 13.2 Å². The van der Waals surface area contributed by atoms with Crippen molar-refractivity contribution >= 4 is 5.97 Å². The summed E-state index contributed by atoms with van der Waals surface area (Å²) in [5.74, 6) is -2.93. The van der Waals surface area contributed by atoms with E-state index in [1.807, 2.05) is 0 Å². The smallest absolute Gasteiger partial charge is 0.406 e. The van der Waals surface area contributed by atoms with Gasteiger partial charge in [0.1, 0.15) is 0 Å². The van der Waals surface area contributed by atoms with Gasteiger partial charge in [0, 0.05) is 19.0 Å². The molecule has 6 heteroatoms. The van der Waals surface area contributed by atoms with E-state index < -0.39 is 30.0 Å². The van der Waals surface area contributed by atoms with Crippen LogP contribution in [0.2, 0.25) is 0 Å². The van der Waals surface area contributed by atoms with Crippen LogP contribution >= 0.6 is 0 Å². The Morgan fingerprint density at radius 3 is 2.44 bits per heavy atom. The lowest BCUT2D eigenvalue weighted by atomic mass is 9.74. The molecule has 0 saturated carbocycles. The number of aliphatic carboxylic acids is 1. The predicted molar refractivity (Wildman–Crippen MR) is 58.2 cm³/mol. The van der Waals surface area contributed by atoms with Gasteiger partial charge in [-0.3, -0.25) is 4.79 Å². The molecular weight excluding hydrogens is 247 g/mol. The second-order valence-corrected chi connectivity index (χ2v) is 4.37. The molecule has 1 aliphatic heterocycles. The fraction of sp³-hybridized carbons (Fsp3) is 0.417. The first-order chi connectivity index (χ1) is 8.39. The Kier molecular flexibility index (Phi) is 3.06. The highest BCUT2D eigenvalue weighted by molar-refractivity contribution is 5.78. The van der Waals surface area contributed by atoms with Crippen molar-refractivity contribution in [2.75, 3.05) is 13.1 Å². The second-order valence-electron chi connectivity index (χ2n) is 4.37. The normalized spacial score (nSPS) is 28.3. The third-order valence-electron chi connectivity index (χ3n) is 3.44. The summed E-state index contributed by atoms with van der Waals surface area (Å²) in [5.41, 5.74) is -2.35. The van der Waals surface area contributed by atoms with Gasteiger partial charge in [-0.05, 0) is 5.56 Å². The Bertz CT molecular complexity index is 446. The number of rotatable bonds is 2. The predicted octanol–water partition coefficient (Wildman–Crippen LogP) is 2.01. The van der Waals surface area contributed by atoms with Crippen LogP contribution in [0.3, 0.4) is 0 Å². The lowest BCUT2D eigenvalue weighted by Gasteiger charge is -2.32. The zero-order valence-corrected chi connectivity index (χ0v) is 9.37. The number of nitrogens with one attached hydrogen (secondary N) is 1. The topological polar surface area (TPSA) is 49.3 Å². The number of carbonyl (C=O) groups is 1. The van der Waals surface area contributed by atoms with E-state index in [0.717, 1.165) is 0 Å². The molecule has 1 aliphatic rings. The molecule has 0 unspecified atom stereocenters. The molecular formula is C12H12F3NO2. The molecule has 0 amide bonds. The summed E-state index contributed by atoms with van der Waals surface area (Å²) >= 11 is 0. The molecule has 0 aromatic heterocycles. The molecule has 1 aromatic carbocycles. The fourth-order valence-electron chi connectivity index (χ4n) is 2.44. The summed E-state index contributed by atoms with van der Waals surface area (Å²) in [6.07, 6.45) is -4.79. The number of hydrogen-bond acceptors (Lipinski definition) is 2. The molecule has 0 bridgehead atoms. The first kappa shape index (κ1) is 12.9. The SMILES string of the molecule is O=C(O)[C@]1(C(F)(F)F)CNC[C@H]1c1ccccc1. The maximum atomic E-state index is 13.2. The third-order valence-corrected chi connectivity index (χ3v) is 3.44. The highest BCUT2D eigenvalue weighted by Crippen LogP contribution is 2.50. The van der Waals surface area contributed by atoms with Crippen molar-refractivity contribution in [1.82, 2.24) is 5.32 Å². The molecule has 1 aromatic rings. The Morgan fingerprint density at radius 2 is 1.94 bits per heavy atom. The van der Waals surface area contributed by atoms with Gasteiger partial charge in [0.05, 0.1) is 0 Å². The average molecular weight is 259 g/mol. The molecule has 1 saturated heterocycles. The van der Waals surface area contributed by atoms with Crippen LogP contribution in [0.25, 0.3) is 0 Å². The standard InChI is InChI=1S/C12H12F3NO2/c13-12(14,15)11(10(17)18)7-16-6-9(11)8-4-2-1-3-5-8/h1-5,9,16H,6-7H2,(H,17,18)/t9-,11-/m0/s1. The fourth-order valence-corrected chi connectivity index (χ4v) is 2.44. The van der Waals surface area contributed by atoms with Crippen molar-refractivity contribution in [1.29, 1.82) is 0 Å². The zero-order valence-electron chi connectivity index (χ0n) is 9.37. The van der Waals surface area contributed by atoms with Gasteiger partial charge in [-0.1, -0.05) is 30.3 Å². The van der Waals surface area contributed by atoms with E-state index in [4.69, 9.17) is 5.11 Å². The number of alkyl halides is 3. The summed E-state index contributed by atoms with van der Waals surface area (Å²) in [5, 5.41) is 11.6. The van der Waals surface area contributed by atoms with E-state index >= 15 is 0 Å². The summed E-state index contributed by atoms with van der Waals surface area (Å²) < 4.78 is 39.5. The number of carboxylic acid groups (broad SMARTS) is 1. The van der Waals surface area contributed by atoms with Crippen LogP contribution in [0.5, 0.6) is 0 Å². The Labute approximate surface area is 102 Å². The largest absolute Gasteiger partial charge is 0.481 e. The van der Waals surface area contributed by atoms with E-state index in [1.54, 1.807) is 18.2 Å². The molecule has 2 rings (SSSR count). The van der Waals surface area contributed by atoms with E-state index in [-0.39, 0.29) is 6.54 Å². The third kappa shape index (κ3) is 1.77. The van der Waals surface area contributed by atoms with Gasteiger partial charge in [-0.25, -0.2) is 0 Å². The van der Waals surface area contributed by atoms with Gasteiger partial charge in [-0.15, -0.1) is 0 Å². The molecule has 0 radical (unpaired) electrons. The van der Waals surface area contributed by atoms with Crippen molar-refractivity contribution in [2.24, 2.45) is 5.41 Å². The highest BCUT2D eigenvalue weighted by Gasteiger charge is 2.67. The molecule has 3 nitrogen and oxygen atoms in total. The number of halogens is 3. The van der Waals surface area contributed by atoms with Gasteiger partial charge in [0.25, 0.3) is 0 Å². The Morgan fingerprint density at radius 1 is 1.33 bits per heavy atom. The van der Waals surface area contributed by atoms with Crippen molar-refractivity contribution in [3.63, 3.8) is 0 Å². The van der Waals surface area contributed by atoms with Gasteiger partial charge in [0.2, 0.25) is 0 Å². The zero-order chi connectivity index (χ0) is 13.4. The van der Waals surface area contributed by atoms with Gasteiger partial charge < -0.3 is 10.4 Å². The van der Waals surface area contributed by atoms with E-state index in [1.165, 1.54) is 12.1 Å². The van der Waals surface area contributed by atoms with E-state index in [2.05, 4.69) is 5.32 Å². The number of carboxylic acids is 1. The van der Waals surface area contributed by atoms with Crippen LogP contribution in [0.15, 0.2) is 30.3 Å². The van der Waals surface area contributed by atoms with E-state index in [0.29, 0.717) is 5.56 Å². The maximum Gasteiger partial charge on any atom is 0.406 e. The van der Waals surface area contributed by atoms with Crippen molar-refractivity contribution in [3.05, 3.63) is 35.9 Å². The minimum Gasteiger partial charge on any atom is -0.481 e. The molecule has 18 heavy (non-hydrogen) atoms. The van der Waals surface area contributed by atoms with Gasteiger partial charge in [0.15, 0.2) is 5.41 Å². The summed E-state index contributed by atoms with van der Waals surface area (Å²) in [6, 6.07) is 7.96. The lowest BCUT2D eigenvalue weighted by molar-refractivity contribution is -0.229. The van der Waals surface area contributed by atoms with E-state index in [9.17, 15) is 18.0 Å². The van der Waals surface area contributed by atoms with Gasteiger partial charge >= 0.3 is 12.1 Å². The highest BCUT2D eigenvalue weighted by atomic mass is 19.4. The lowest BCUT2D eigenvalue weighted by Crippen LogP contribution is -2.50. The summed E-state index contributed by atoms with van der Waals surface area (Å²) in [6.45, 7) is -0.582. The van der Waals surface area contributed by atoms with Crippen LogP contribution in [-0.2, 0) is 4.79 Å². The molecule has 0 spiro atoms. The number of hydrogen-bond donors (Lipinski definition) is 2.